The van der Waals surface area contributed by atoms with Gasteiger partial charge in [-0.25, -0.2) is 0 Å². The van der Waals surface area contributed by atoms with Crippen LogP contribution in [0.1, 0.15) is 39.5 Å². The molecule has 0 aromatic rings. The van der Waals surface area contributed by atoms with Crippen molar-refractivity contribution in [2.24, 2.45) is 5.92 Å². The van der Waals surface area contributed by atoms with Gasteiger partial charge in [-0.15, -0.1) is 0 Å². The quantitative estimate of drug-likeness (QED) is 0.727. The number of ketones is 1. The number of amides is 1. The van der Waals surface area contributed by atoms with Crippen LogP contribution in [0.3, 0.4) is 0 Å². The molecule has 1 amide bonds. The van der Waals surface area contributed by atoms with Crippen LogP contribution < -0.4 is 5.32 Å². The van der Waals surface area contributed by atoms with Gasteiger partial charge in [-0.05, 0) is 26.3 Å². The Morgan fingerprint density at radius 2 is 1.82 bits per heavy atom. The van der Waals surface area contributed by atoms with E-state index in [0.717, 1.165) is 19.4 Å². The maximum atomic E-state index is 12.0. The van der Waals surface area contributed by atoms with Crippen molar-refractivity contribution in [1.82, 2.24) is 10.2 Å². The van der Waals surface area contributed by atoms with Gasteiger partial charge in [0, 0.05) is 12.5 Å². The van der Waals surface area contributed by atoms with Crippen LogP contribution in [0.5, 0.6) is 0 Å². The Morgan fingerprint density at radius 1 is 1.18 bits per heavy atom. The first-order valence-electron chi connectivity index (χ1n) is 6.69. The number of rotatable bonds is 7. The summed E-state index contributed by atoms with van der Waals surface area (Å²) >= 11 is 0. The first kappa shape index (κ1) is 14.2. The van der Waals surface area contributed by atoms with E-state index in [1.807, 2.05) is 18.7 Å². The van der Waals surface area contributed by atoms with Crippen LogP contribution in [-0.2, 0) is 9.59 Å². The number of likely N-dealkylation sites (N-methyl/N-ethyl adjacent to an activating group) is 2. The lowest BCUT2D eigenvalue weighted by Crippen LogP contribution is -2.40. The fourth-order valence-corrected chi connectivity index (χ4v) is 2.33. The average Bonchev–Trinajstić information content (AvgIpc) is 2.81. The highest BCUT2D eigenvalue weighted by Gasteiger charge is 2.24. The van der Waals surface area contributed by atoms with E-state index in [-0.39, 0.29) is 11.8 Å². The molecule has 0 radical (unpaired) electrons. The number of hydrogen-bond acceptors (Lipinski definition) is 3. The standard InChI is InChI=1S/C13H24N2O2/c1-3-14-13(17)10-15(4-2)9-12(16)11-7-5-6-8-11/h11H,3-10H2,1-2H3,(H,14,17). The molecule has 0 saturated heterocycles. The third kappa shape index (κ3) is 4.86. The molecule has 1 fully saturated rings. The van der Waals surface area contributed by atoms with Crippen molar-refractivity contribution in [3.8, 4) is 0 Å². The number of carbonyl (C=O) groups excluding carboxylic acids is 2. The van der Waals surface area contributed by atoms with Crippen molar-refractivity contribution >= 4 is 11.7 Å². The summed E-state index contributed by atoms with van der Waals surface area (Å²) in [5, 5.41) is 2.76. The minimum Gasteiger partial charge on any atom is -0.355 e. The van der Waals surface area contributed by atoms with Crippen molar-refractivity contribution in [3.63, 3.8) is 0 Å². The predicted octanol–water partition coefficient (Wildman–Crippen LogP) is 1.20. The molecule has 1 aliphatic rings. The second-order valence-electron chi connectivity index (χ2n) is 4.70. The summed E-state index contributed by atoms with van der Waals surface area (Å²) in [4.78, 5) is 25.4. The molecule has 0 aromatic carbocycles. The topological polar surface area (TPSA) is 49.4 Å². The van der Waals surface area contributed by atoms with E-state index in [0.29, 0.717) is 25.4 Å². The van der Waals surface area contributed by atoms with E-state index in [1.54, 1.807) is 0 Å². The number of nitrogens with zero attached hydrogens (tertiary/aromatic N) is 1. The molecule has 1 aliphatic carbocycles. The normalized spacial score (nSPS) is 16.4. The zero-order chi connectivity index (χ0) is 12.7. The summed E-state index contributed by atoms with van der Waals surface area (Å²) in [6.07, 6.45) is 4.44. The molecule has 0 aliphatic heterocycles. The summed E-state index contributed by atoms with van der Waals surface area (Å²) in [7, 11) is 0. The third-order valence-corrected chi connectivity index (χ3v) is 3.38. The Balaban J connectivity index is 2.34. The van der Waals surface area contributed by atoms with E-state index < -0.39 is 0 Å². The van der Waals surface area contributed by atoms with Crippen molar-refractivity contribution in [2.45, 2.75) is 39.5 Å². The molecule has 0 spiro atoms. The lowest BCUT2D eigenvalue weighted by molar-refractivity contribution is -0.126. The molecule has 0 bridgehead atoms. The molecule has 1 saturated carbocycles. The summed E-state index contributed by atoms with van der Waals surface area (Å²) in [6.45, 7) is 6.04. The summed E-state index contributed by atoms with van der Waals surface area (Å²) in [5.74, 6) is 0.570. The zero-order valence-corrected chi connectivity index (χ0v) is 11.0. The fraction of sp³-hybridized carbons (Fsp3) is 0.846. The molecule has 17 heavy (non-hydrogen) atoms. The molecule has 98 valence electrons. The van der Waals surface area contributed by atoms with E-state index in [2.05, 4.69) is 5.32 Å². The van der Waals surface area contributed by atoms with Gasteiger partial charge in [0.25, 0.3) is 0 Å². The minimum atomic E-state index is 0.00794. The molecule has 4 heteroatoms. The van der Waals surface area contributed by atoms with Crippen LogP contribution in [0, 0.1) is 5.92 Å². The monoisotopic (exact) mass is 240 g/mol. The van der Waals surface area contributed by atoms with Crippen LogP contribution >= 0.6 is 0 Å². The number of Topliss-reactive ketones (excluding diaryl/α,β-unsaturated/α-hetero) is 1. The first-order chi connectivity index (χ1) is 8.17. The highest BCUT2D eigenvalue weighted by Crippen LogP contribution is 2.25. The minimum absolute atomic E-state index is 0.00794. The van der Waals surface area contributed by atoms with Gasteiger partial charge in [0.05, 0.1) is 13.1 Å². The smallest absolute Gasteiger partial charge is 0.234 e. The van der Waals surface area contributed by atoms with E-state index in [1.165, 1.54) is 12.8 Å². The summed E-state index contributed by atoms with van der Waals surface area (Å²) < 4.78 is 0. The molecule has 1 rings (SSSR count). The van der Waals surface area contributed by atoms with Crippen molar-refractivity contribution in [3.05, 3.63) is 0 Å². The summed E-state index contributed by atoms with van der Waals surface area (Å²) in [5.41, 5.74) is 0. The second-order valence-corrected chi connectivity index (χ2v) is 4.70. The van der Waals surface area contributed by atoms with Crippen LogP contribution in [0.4, 0.5) is 0 Å². The van der Waals surface area contributed by atoms with Gasteiger partial charge in [-0.2, -0.15) is 0 Å². The molecular weight excluding hydrogens is 216 g/mol. The van der Waals surface area contributed by atoms with Crippen LogP contribution in [0.15, 0.2) is 0 Å². The van der Waals surface area contributed by atoms with Gasteiger partial charge in [-0.3, -0.25) is 14.5 Å². The van der Waals surface area contributed by atoms with Gasteiger partial charge < -0.3 is 5.32 Å². The maximum Gasteiger partial charge on any atom is 0.234 e. The Labute approximate surface area is 104 Å². The Bertz CT molecular complexity index is 260. The zero-order valence-electron chi connectivity index (χ0n) is 11.0. The number of carbonyl (C=O) groups is 2. The van der Waals surface area contributed by atoms with Gasteiger partial charge >= 0.3 is 0 Å². The molecule has 0 aromatic heterocycles. The molecule has 4 nitrogen and oxygen atoms in total. The van der Waals surface area contributed by atoms with Crippen molar-refractivity contribution < 1.29 is 9.59 Å². The summed E-state index contributed by atoms with van der Waals surface area (Å²) in [6, 6.07) is 0. The highest BCUT2D eigenvalue weighted by atomic mass is 16.2. The van der Waals surface area contributed by atoms with Gasteiger partial charge in [-0.1, -0.05) is 19.8 Å². The number of hydrogen-bond donors (Lipinski definition) is 1. The van der Waals surface area contributed by atoms with Crippen molar-refractivity contribution in [2.75, 3.05) is 26.2 Å². The van der Waals surface area contributed by atoms with Gasteiger partial charge in [0.1, 0.15) is 5.78 Å². The molecule has 0 atom stereocenters. The Kier molecular flexibility index (Phi) is 6.19. The molecular formula is C13H24N2O2. The average molecular weight is 240 g/mol. The Hall–Kier alpha value is -0.900. The lowest BCUT2D eigenvalue weighted by Gasteiger charge is -2.20. The molecule has 0 unspecified atom stereocenters. The maximum absolute atomic E-state index is 12.0. The number of nitrogens with one attached hydrogen (secondary N) is 1. The predicted molar refractivity (Wildman–Crippen MR) is 67.8 cm³/mol. The second kappa shape index (κ2) is 7.43. The Morgan fingerprint density at radius 3 is 2.35 bits per heavy atom. The van der Waals surface area contributed by atoms with Gasteiger partial charge in [0.2, 0.25) is 5.91 Å². The van der Waals surface area contributed by atoms with Crippen LogP contribution in [0.25, 0.3) is 0 Å². The van der Waals surface area contributed by atoms with Gasteiger partial charge in [0.15, 0.2) is 0 Å². The fourth-order valence-electron chi connectivity index (χ4n) is 2.33. The van der Waals surface area contributed by atoms with E-state index >= 15 is 0 Å². The van der Waals surface area contributed by atoms with Crippen LogP contribution in [-0.4, -0.2) is 42.8 Å². The van der Waals surface area contributed by atoms with Crippen LogP contribution in [0.2, 0.25) is 0 Å². The largest absolute Gasteiger partial charge is 0.355 e. The van der Waals surface area contributed by atoms with E-state index in [9.17, 15) is 9.59 Å². The molecule has 1 N–H and O–H groups in total. The third-order valence-electron chi connectivity index (χ3n) is 3.38. The van der Waals surface area contributed by atoms with E-state index in [4.69, 9.17) is 0 Å². The molecule has 0 heterocycles. The SMILES string of the molecule is CCNC(=O)CN(CC)CC(=O)C1CCCC1. The highest BCUT2D eigenvalue weighted by molar-refractivity contribution is 5.84. The van der Waals surface area contributed by atoms with Crippen molar-refractivity contribution in [1.29, 1.82) is 0 Å². The lowest BCUT2D eigenvalue weighted by atomic mass is 10.0. The first-order valence-corrected chi connectivity index (χ1v) is 6.69.